The highest BCUT2D eigenvalue weighted by molar-refractivity contribution is 7.09. The van der Waals surface area contributed by atoms with Crippen molar-refractivity contribution in [1.82, 2.24) is 4.98 Å². The largest absolute Gasteiger partial charge is 0.330 e. The zero-order chi connectivity index (χ0) is 10.9. The number of rotatable bonds is 2. The molecule has 1 aromatic heterocycles. The first-order valence-corrected chi connectivity index (χ1v) is 5.93. The van der Waals surface area contributed by atoms with Crippen LogP contribution < -0.4 is 5.73 Å². The summed E-state index contributed by atoms with van der Waals surface area (Å²) in [6, 6.07) is 0. The molecule has 1 aliphatic carbocycles. The number of halogens is 2. The number of nitrogens with two attached hydrogens (primary N) is 1. The first kappa shape index (κ1) is 11.0. The first-order valence-electron chi connectivity index (χ1n) is 5.05. The highest BCUT2D eigenvalue weighted by Crippen LogP contribution is 2.45. The fraction of sp³-hybridized carbons (Fsp3) is 0.700. The Morgan fingerprint density at radius 3 is 2.47 bits per heavy atom. The predicted molar refractivity (Wildman–Crippen MR) is 56.3 cm³/mol. The molecule has 1 saturated carbocycles. The van der Waals surface area contributed by atoms with Crippen LogP contribution in [0.15, 0.2) is 11.7 Å². The van der Waals surface area contributed by atoms with Crippen molar-refractivity contribution in [3.63, 3.8) is 0 Å². The van der Waals surface area contributed by atoms with E-state index in [0.717, 1.165) is 4.88 Å². The average molecular weight is 232 g/mol. The van der Waals surface area contributed by atoms with Crippen LogP contribution >= 0.6 is 11.3 Å². The van der Waals surface area contributed by atoms with Gasteiger partial charge in [0.25, 0.3) is 0 Å². The lowest BCUT2D eigenvalue weighted by atomic mass is 9.72. The highest BCUT2D eigenvalue weighted by atomic mass is 32.1. The Kier molecular flexibility index (Phi) is 2.77. The molecule has 2 nitrogen and oxygen atoms in total. The number of aromatic nitrogens is 1. The predicted octanol–water partition coefficient (Wildman–Crippen LogP) is 2.55. The van der Waals surface area contributed by atoms with Crippen molar-refractivity contribution in [2.75, 3.05) is 6.54 Å². The van der Waals surface area contributed by atoms with Crippen LogP contribution in [0.2, 0.25) is 0 Å². The Bertz CT molecular complexity index is 314. The van der Waals surface area contributed by atoms with Crippen molar-refractivity contribution in [1.29, 1.82) is 0 Å². The zero-order valence-electron chi connectivity index (χ0n) is 8.38. The second-order valence-corrected chi connectivity index (χ2v) is 5.09. The fourth-order valence-corrected chi connectivity index (χ4v) is 3.02. The van der Waals surface area contributed by atoms with Crippen LogP contribution in [0, 0.1) is 0 Å². The van der Waals surface area contributed by atoms with Gasteiger partial charge in [-0.2, -0.15) is 0 Å². The minimum atomic E-state index is -2.50. The Morgan fingerprint density at radius 2 is 2.00 bits per heavy atom. The summed E-state index contributed by atoms with van der Waals surface area (Å²) in [7, 11) is 0. The maximum atomic E-state index is 13.1. The van der Waals surface area contributed by atoms with E-state index in [-0.39, 0.29) is 18.3 Å². The van der Waals surface area contributed by atoms with Crippen molar-refractivity contribution < 1.29 is 8.78 Å². The molecule has 84 valence electrons. The van der Waals surface area contributed by atoms with Crippen LogP contribution in [-0.2, 0) is 5.41 Å². The van der Waals surface area contributed by atoms with E-state index in [9.17, 15) is 8.78 Å². The van der Waals surface area contributed by atoms with Gasteiger partial charge in [0.15, 0.2) is 0 Å². The zero-order valence-corrected chi connectivity index (χ0v) is 9.20. The van der Waals surface area contributed by atoms with Gasteiger partial charge in [0, 0.05) is 35.9 Å². The molecule has 2 N–H and O–H groups in total. The van der Waals surface area contributed by atoms with Crippen LogP contribution in [0.4, 0.5) is 8.78 Å². The maximum absolute atomic E-state index is 13.1. The number of hydrogen-bond acceptors (Lipinski definition) is 3. The van der Waals surface area contributed by atoms with Gasteiger partial charge in [-0.15, -0.1) is 11.3 Å². The lowest BCUT2D eigenvalue weighted by Gasteiger charge is -2.38. The molecule has 0 amide bonds. The quantitative estimate of drug-likeness (QED) is 0.851. The summed E-state index contributed by atoms with van der Waals surface area (Å²) in [5.74, 6) is -2.50. The van der Waals surface area contributed by atoms with Gasteiger partial charge in [-0.05, 0) is 12.8 Å². The summed E-state index contributed by atoms with van der Waals surface area (Å²) in [5, 5.41) is 0. The smallest absolute Gasteiger partial charge is 0.248 e. The summed E-state index contributed by atoms with van der Waals surface area (Å²) in [5.41, 5.74) is 7.24. The van der Waals surface area contributed by atoms with E-state index in [0.29, 0.717) is 19.4 Å². The summed E-state index contributed by atoms with van der Waals surface area (Å²) in [6.45, 7) is 0.436. The molecule has 0 spiro atoms. The van der Waals surface area contributed by atoms with Crippen molar-refractivity contribution >= 4 is 11.3 Å². The molecule has 0 aromatic carbocycles. The van der Waals surface area contributed by atoms with Crippen molar-refractivity contribution in [2.45, 2.75) is 37.0 Å². The number of thiazole rings is 1. The van der Waals surface area contributed by atoms with Gasteiger partial charge in [0.05, 0.1) is 5.51 Å². The van der Waals surface area contributed by atoms with Crippen LogP contribution in [-0.4, -0.2) is 17.5 Å². The monoisotopic (exact) mass is 232 g/mol. The molecule has 15 heavy (non-hydrogen) atoms. The molecule has 0 saturated heterocycles. The van der Waals surface area contributed by atoms with E-state index in [4.69, 9.17) is 5.73 Å². The van der Waals surface area contributed by atoms with Crippen LogP contribution in [0.1, 0.15) is 30.6 Å². The molecule has 5 heteroatoms. The molecule has 0 unspecified atom stereocenters. The summed E-state index contributed by atoms with van der Waals surface area (Å²) < 4.78 is 26.1. The molecule has 1 aromatic rings. The maximum Gasteiger partial charge on any atom is 0.248 e. The van der Waals surface area contributed by atoms with Gasteiger partial charge in [-0.25, -0.2) is 8.78 Å². The Balaban J connectivity index is 2.19. The van der Waals surface area contributed by atoms with Gasteiger partial charge < -0.3 is 5.73 Å². The summed E-state index contributed by atoms with van der Waals surface area (Å²) in [4.78, 5) is 5.06. The Hall–Kier alpha value is -0.550. The normalized spacial score (nSPS) is 23.9. The van der Waals surface area contributed by atoms with E-state index >= 15 is 0 Å². The van der Waals surface area contributed by atoms with E-state index in [1.54, 1.807) is 11.7 Å². The minimum absolute atomic E-state index is 0.0535. The molecule has 1 fully saturated rings. The number of nitrogens with zero attached hydrogens (tertiary/aromatic N) is 1. The SMILES string of the molecule is NCC1(c2cncs2)CCC(F)(F)CC1. The fourth-order valence-electron chi connectivity index (χ4n) is 2.12. The number of hydrogen-bond donors (Lipinski definition) is 1. The molecular weight excluding hydrogens is 218 g/mol. The van der Waals surface area contributed by atoms with E-state index in [1.807, 2.05) is 0 Å². The first-order chi connectivity index (χ1) is 7.08. The highest BCUT2D eigenvalue weighted by Gasteiger charge is 2.44. The second-order valence-electron chi connectivity index (χ2n) is 4.21. The Morgan fingerprint density at radius 1 is 1.33 bits per heavy atom. The van der Waals surface area contributed by atoms with Crippen LogP contribution in [0.3, 0.4) is 0 Å². The molecule has 0 atom stereocenters. The van der Waals surface area contributed by atoms with Crippen LogP contribution in [0.25, 0.3) is 0 Å². The summed E-state index contributed by atoms with van der Waals surface area (Å²) >= 11 is 1.52. The molecule has 1 aliphatic rings. The summed E-state index contributed by atoms with van der Waals surface area (Å²) in [6.07, 6.45) is 2.60. The third-order valence-corrected chi connectivity index (χ3v) is 4.30. The van der Waals surface area contributed by atoms with E-state index in [1.165, 1.54) is 11.3 Å². The molecular formula is C10H14F2N2S. The lowest BCUT2D eigenvalue weighted by Crippen LogP contribution is -2.41. The molecule has 0 radical (unpaired) electrons. The topological polar surface area (TPSA) is 38.9 Å². The molecule has 0 aliphatic heterocycles. The average Bonchev–Trinajstić information content (AvgIpc) is 2.72. The molecule has 1 heterocycles. The Labute approximate surface area is 91.5 Å². The third kappa shape index (κ3) is 2.03. The third-order valence-electron chi connectivity index (χ3n) is 3.28. The minimum Gasteiger partial charge on any atom is -0.330 e. The van der Waals surface area contributed by atoms with Gasteiger partial charge in [0.1, 0.15) is 0 Å². The standard InChI is InChI=1S/C10H14F2N2S/c11-10(12)3-1-9(6-13,2-4-10)8-5-14-7-15-8/h5,7H,1-4,6,13H2. The van der Waals surface area contributed by atoms with Gasteiger partial charge in [-0.3, -0.25) is 4.98 Å². The van der Waals surface area contributed by atoms with Crippen molar-refractivity contribution in [3.05, 3.63) is 16.6 Å². The van der Waals surface area contributed by atoms with E-state index in [2.05, 4.69) is 4.98 Å². The van der Waals surface area contributed by atoms with Gasteiger partial charge in [0.2, 0.25) is 5.92 Å². The van der Waals surface area contributed by atoms with Crippen molar-refractivity contribution in [3.8, 4) is 0 Å². The molecule has 0 bridgehead atoms. The second kappa shape index (κ2) is 3.79. The van der Waals surface area contributed by atoms with Gasteiger partial charge in [-0.1, -0.05) is 0 Å². The number of alkyl halides is 2. The van der Waals surface area contributed by atoms with Gasteiger partial charge >= 0.3 is 0 Å². The molecule has 2 rings (SSSR count). The van der Waals surface area contributed by atoms with Crippen molar-refractivity contribution in [2.24, 2.45) is 5.73 Å². The lowest BCUT2D eigenvalue weighted by molar-refractivity contribution is -0.0505. The van der Waals surface area contributed by atoms with Crippen LogP contribution in [0.5, 0.6) is 0 Å². The van der Waals surface area contributed by atoms with E-state index < -0.39 is 5.92 Å².